The first-order valence-corrected chi connectivity index (χ1v) is 6.41. The summed E-state index contributed by atoms with van der Waals surface area (Å²) < 4.78 is 5.18. The maximum absolute atomic E-state index is 8.82. The van der Waals surface area contributed by atoms with Gasteiger partial charge in [0, 0.05) is 12.3 Å². The average molecular weight is 251 g/mol. The molecule has 0 bridgehead atoms. The predicted molar refractivity (Wildman–Crippen MR) is 76.1 cm³/mol. The van der Waals surface area contributed by atoms with Crippen LogP contribution in [0.2, 0.25) is 0 Å². The summed E-state index contributed by atoms with van der Waals surface area (Å²) >= 11 is 0. The highest BCUT2D eigenvalue weighted by molar-refractivity contribution is 5.36. The van der Waals surface area contributed by atoms with Gasteiger partial charge in [-0.1, -0.05) is 42.5 Å². The maximum atomic E-state index is 8.82. The second-order valence-electron chi connectivity index (χ2n) is 4.43. The Balaban J connectivity index is 2.29. The molecule has 1 atom stereocenters. The highest BCUT2D eigenvalue weighted by Gasteiger charge is 2.13. The standard InChI is InChI=1S/C17H17NO/c1-19-16-11-9-15(10-12-16)17(8-5-13-18)14-6-3-2-4-7-14/h2-4,6-7,9-12,17H,5,8H2,1H3. The molecule has 2 aromatic rings. The molecule has 0 spiro atoms. The molecule has 2 nitrogen and oxygen atoms in total. The van der Waals surface area contributed by atoms with Crippen molar-refractivity contribution < 1.29 is 4.74 Å². The molecule has 0 aliphatic heterocycles. The number of ether oxygens (including phenoxy) is 1. The minimum atomic E-state index is 0.270. The van der Waals surface area contributed by atoms with Crippen molar-refractivity contribution in [3.05, 3.63) is 65.7 Å². The molecule has 0 saturated carbocycles. The van der Waals surface area contributed by atoms with Gasteiger partial charge in [-0.15, -0.1) is 0 Å². The lowest BCUT2D eigenvalue weighted by Crippen LogP contribution is -2.01. The van der Waals surface area contributed by atoms with E-state index in [1.54, 1.807) is 7.11 Å². The highest BCUT2D eigenvalue weighted by atomic mass is 16.5. The first kappa shape index (κ1) is 13.2. The number of methoxy groups -OCH3 is 1. The van der Waals surface area contributed by atoms with E-state index < -0.39 is 0 Å². The molecular weight excluding hydrogens is 234 g/mol. The normalized spacial score (nSPS) is 11.6. The first-order chi connectivity index (χ1) is 9.35. The molecular formula is C17H17NO. The molecule has 0 heterocycles. The van der Waals surface area contributed by atoms with Gasteiger partial charge < -0.3 is 4.74 Å². The second-order valence-corrected chi connectivity index (χ2v) is 4.43. The van der Waals surface area contributed by atoms with Gasteiger partial charge in [0.15, 0.2) is 0 Å². The van der Waals surface area contributed by atoms with Gasteiger partial charge in [0.2, 0.25) is 0 Å². The van der Waals surface area contributed by atoms with Gasteiger partial charge in [-0.2, -0.15) is 5.26 Å². The third-order valence-corrected chi connectivity index (χ3v) is 3.26. The minimum absolute atomic E-state index is 0.270. The fraction of sp³-hybridized carbons (Fsp3) is 0.235. The topological polar surface area (TPSA) is 33.0 Å². The number of nitriles is 1. The van der Waals surface area contributed by atoms with Crippen LogP contribution in [0.1, 0.15) is 29.9 Å². The SMILES string of the molecule is COc1ccc(C(CCC#N)c2ccccc2)cc1. The molecule has 19 heavy (non-hydrogen) atoms. The maximum Gasteiger partial charge on any atom is 0.118 e. The summed E-state index contributed by atoms with van der Waals surface area (Å²) in [5.74, 6) is 1.13. The Morgan fingerprint density at radius 3 is 2.21 bits per heavy atom. The molecule has 0 radical (unpaired) electrons. The Kier molecular flexibility index (Phi) is 4.58. The molecule has 0 N–H and O–H groups in total. The van der Waals surface area contributed by atoms with Crippen molar-refractivity contribution in [2.45, 2.75) is 18.8 Å². The van der Waals surface area contributed by atoms with Crippen LogP contribution in [0.4, 0.5) is 0 Å². The molecule has 0 aliphatic rings. The molecule has 2 heteroatoms. The van der Waals surface area contributed by atoms with Gasteiger partial charge >= 0.3 is 0 Å². The second kappa shape index (κ2) is 6.61. The molecule has 0 aromatic heterocycles. The fourth-order valence-electron chi connectivity index (χ4n) is 2.26. The molecule has 2 aromatic carbocycles. The molecule has 1 unspecified atom stereocenters. The summed E-state index contributed by atoms with van der Waals surface area (Å²) in [5.41, 5.74) is 2.48. The third-order valence-electron chi connectivity index (χ3n) is 3.26. The monoisotopic (exact) mass is 251 g/mol. The minimum Gasteiger partial charge on any atom is -0.497 e. The zero-order valence-corrected chi connectivity index (χ0v) is 11.0. The van der Waals surface area contributed by atoms with E-state index in [0.29, 0.717) is 6.42 Å². The molecule has 0 fully saturated rings. The number of nitrogens with zero attached hydrogens (tertiary/aromatic N) is 1. The molecule has 0 amide bonds. The number of hydrogen-bond donors (Lipinski definition) is 0. The fourth-order valence-corrected chi connectivity index (χ4v) is 2.26. The summed E-state index contributed by atoms with van der Waals surface area (Å²) in [5, 5.41) is 8.82. The van der Waals surface area contributed by atoms with Gasteiger partial charge in [0.25, 0.3) is 0 Å². The van der Waals surface area contributed by atoms with Crippen LogP contribution in [0.15, 0.2) is 54.6 Å². The zero-order chi connectivity index (χ0) is 13.5. The van der Waals surface area contributed by atoms with Crippen LogP contribution >= 0.6 is 0 Å². The Labute approximate surface area is 114 Å². The predicted octanol–water partition coefficient (Wildman–Crippen LogP) is 4.13. The van der Waals surface area contributed by atoms with E-state index in [1.807, 2.05) is 30.3 Å². The summed E-state index contributed by atoms with van der Waals surface area (Å²) in [7, 11) is 1.67. The number of benzene rings is 2. The van der Waals surface area contributed by atoms with Crippen molar-refractivity contribution in [2.24, 2.45) is 0 Å². The van der Waals surface area contributed by atoms with Crippen molar-refractivity contribution in [1.29, 1.82) is 5.26 Å². The van der Waals surface area contributed by atoms with Gasteiger partial charge in [0.05, 0.1) is 13.2 Å². The third kappa shape index (κ3) is 3.35. The lowest BCUT2D eigenvalue weighted by molar-refractivity contribution is 0.414. The van der Waals surface area contributed by atoms with Gasteiger partial charge in [-0.05, 0) is 29.7 Å². The number of hydrogen-bond acceptors (Lipinski definition) is 2. The summed E-state index contributed by atoms with van der Waals surface area (Å²) in [4.78, 5) is 0. The Hall–Kier alpha value is -2.27. The number of rotatable bonds is 5. The Bertz CT molecular complexity index is 540. The van der Waals surface area contributed by atoms with Crippen LogP contribution in [-0.2, 0) is 0 Å². The van der Waals surface area contributed by atoms with Crippen LogP contribution in [0.25, 0.3) is 0 Å². The molecule has 2 rings (SSSR count). The van der Waals surface area contributed by atoms with Gasteiger partial charge in [-0.3, -0.25) is 0 Å². The van der Waals surface area contributed by atoms with Crippen LogP contribution in [-0.4, -0.2) is 7.11 Å². The van der Waals surface area contributed by atoms with Crippen molar-refractivity contribution in [3.8, 4) is 11.8 Å². The van der Waals surface area contributed by atoms with Crippen LogP contribution in [0, 0.1) is 11.3 Å². The van der Waals surface area contributed by atoms with Crippen molar-refractivity contribution >= 4 is 0 Å². The summed E-state index contributed by atoms with van der Waals surface area (Å²) in [6.45, 7) is 0. The van der Waals surface area contributed by atoms with Crippen molar-refractivity contribution in [1.82, 2.24) is 0 Å². The summed E-state index contributed by atoms with van der Waals surface area (Å²) in [6.07, 6.45) is 1.40. The zero-order valence-electron chi connectivity index (χ0n) is 11.0. The smallest absolute Gasteiger partial charge is 0.118 e. The summed E-state index contributed by atoms with van der Waals surface area (Å²) in [6, 6.07) is 20.7. The molecule has 96 valence electrons. The van der Waals surface area contributed by atoms with E-state index in [1.165, 1.54) is 11.1 Å². The first-order valence-electron chi connectivity index (χ1n) is 6.41. The largest absolute Gasteiger partial charge is 0.497 e. The van der Waals surface area contributed by atoms with Gasteiger partial charge in [0.1, 0.15) is 5.75 Å². The quantitative estimate of drug-likeness (QED) is 0.800. The van der Waals surface area contributed by atoms with E-state index in [4.69, 9.17) is 10.00 Å². The van der Waals surface area contributed by atoms with Crippen molar-refractivity contribution in [3.63, 3.8) is 0 Å². The molecule has 0 saturated heterocycles. The van der Waals surface area contributed by atoms with Crippen LogP contribution in [0.3, 0.4) is 0 Å². The lowest BCUT2D eigenvalue weighted by atomic mass is 9.88. The Morgan fingerprint density at radius 2 is 1.63 bits per heavy atom. The van der Waals surface area contributed by atoms with Crippen molar-refractivity contribution in [2.75, 3.05) is 7.11 Å². The van der Waals surface area contributed by atoms with E-state index in [9.17, 15) is 0 Å². The van der Waals surface area contributed by atoms with E-state index in [2.05, 4.69) is 30.3 Å². The van der Waals surface area contributed by atoms with Crippen LogP contribution in [0.5, 0.6) is 5.75 Å². The van der Waals surface area contributed by atoms with Gasteiger partial charge in [-0.25, -0.2) is 0 Å². The molecule has 0 aliphatic carbocycles. The van der Waals surface area contributed by atoms with E-state index in [-0.39, 0.29) is 5.92 Å². The van der Waals surface area contributed by atoms with E-state index in [0.717, 1.165) is 12.2 Å². The van der Waals surface area contributed by atoms with E-state index >= 15 is 0 Å². The highest BCUT2D eigenvalue weighted by Crippen LogP contribution is 2.30. The lowest BCUT2D eigenvalue weighted by Gasteiger charge is -2.17. The average Bonchev–Trinajstić information content (AvgIpc) is 2.49. The Morgan fingerprint density at radius 1 is 1.00 bits per heavy atom. The van der Waals surface area contributed by atoms with Crippen LogP contribution < -0.4 is 4.74 Å².